The molecule has 3 heterocycles. The fraction of sp³-hybridized carbons (Fsp3) is 0.333. The van der Waals surface area contributed by atoms with Gasteiger partial charge in [0.2, 0.25) is 0 Å². The lowest BCUT2D eigenvalue weighted by molar-refractivity contribution is 0.554. The Morgan fingerprint density at radius 2 is 2.22 bits per heavy atom. The van der Waals surface area contributed by atoms with E-state index < -0.39 is 0 Å². The molecular weight excluding hydrogens is 294 g/mol. The number of pyridine rings is 1. The van der Waals surface area contributed by atoms with E-state index in [1.165, 1.54) is 0 Å². The largest absolute Gasteiger partial charge is 0.347 e. The van der Waals surface area contributed by atoms with Crippen molar-refractivity contribution in [2.75, 3.05) is 11.4 Å². The summed E-state index contributed by atoms with van der Waals surface area (Å²) in [7, 11) is 0. The summed E-state index contributed by atoms with van der Waals surface area (Å²) in [5.41, 5.74) is 6.85. The Balaban J connectivity index is 1.93. The quantitative estimate of drug-likeness (QED) is 0.914. The van der Waals surface area contributed by atoms with Gasteiger partial charge in [0.25, 0.3) is 0 Å². The molecule has 0 unspecified atom stereocenters. The second-order valence-corrected chi connectivity index (χ2v) is 5.21. The van der Waals surface area contributed by atoms with E-state index in [9.17, 15) is 0 Å². The third-order valence-electron chi connectivity index (χ3n) is 3.17. The highest BCUT2D eigenvalue weighted by molar-refractivity contribution is 9.10. The van der Waals surface area contributed by atoms with Crippen LogP contribution in [-0.2, 0) is 19.6 Å². The van der Waals surface area contributed by atoms with Crippen molar-refractivity contribution in [3.63, 3.8) is 0 Å². The van der Waals surface area contributed by atoms with Gasteiger partial charge in [0.05, 0.1) is 6.54 Å². The summed E-state index contributed by atoms with van der Waals surface area (Å²) in [6.45, 7) is 3.16. The zero-order valence-electron chi connectivity index (χ0n) is 9.88. The van der Waals surface area contributed by atoms with Gasteiger partial charge in [-0.1, -0.05) is 0 Å². The van der Waals surface area contributed by atoms with E-state index in [2.05, 4.69) is 35.4 Å². The summed E-state index contributed by atoms with van der Waals surface area (Å²) in [6.07, 6.45) is 5.68. The fourth-order valence-corrected chi connectivity index (χ4v) is 2.64. The van der Waals surface area contributed by atoms with Crippen LogP contribution in [0.3, 0.4) is 0 Å². The number of hydrogen-bond donors (Lipinski definition) is 1. The first kappa shape index (κ1) is 11.7. The van der Waals surface area contributed by atoms with Crippen molar-refractivity contribution in [3.8, 4) is 0 Å². The second kappa shape index (κ2) is 4.70. The number of imidazole rings is 1. The molecule has 0 bridgehead atoms. The molecule has 1 aliphatic heterocycles. The molecule has 3 rings (SSSR count). The number of nitrogens with two attached hydrogens (primary N) is 1. The lowest BCUT2D eigenvalue weighted by atomic mass is 10.2. The van der Waals surface area contributed by atoms with Gasteiger partial charge >= 0.3 is 0 Å². The number of fused-ring (bicyclic) bond motifs is 1. The topological polar surface area (TPSA) is 60.0 Å². The summed E-state index contributed by atoms with van der Waals surface area (Å²) in [6, 6.07) is 2.03. The van der Waals surface area contributed by atoms with Crippen molar-refractivity contribution in [2.45, 2.75) is 19.6 Å². The average Bonchev–Trinajstić information content (AvgIpc) is 2.85. The van der Waals surface area contributed by atoms with Gasteiger partial charge in [0, 0.05) is 48.3 Å². The Labute approximate surface area is 114 Å². The maximum atomic E-state index is 5.79. The van der Waals surface area contributed by atoms with E-state index in [0.29, 0.717) is 6.54 Å². The van der Waals surface area contributed by atoms with Gasteiger partial charge in [0.15, 0.2) is 0 Å². The maximum Gasteiger partial charge on any atom is 0.133 e. The van der Waals surface area contributed by atoms with Crippen molar-refractivity contribution < 1.29 is 0 Å². The van der Waals surface area contributed by atoms with E-state index in [4.69, 9.17) is 5.73 Å². The molecule has 0 aliphatic carbocycles. The van der Waals surface area contributed by atoms with Crippen molar-refractivity contribution in [3.05, 3.63) is 40.5 Å². The number of halogens is 1. The first-order valence-electron chi connectivity index (χ1n) is 5.87. The number of rotatable bonds is 2. The number of anilines is 1. The molecule has 2 N–H and O–H groups in total. The Bertz CT molecular complexity index is 565. The van der Waals surface area contributed by atoms with Gasteiger partial charge in [0.1, 0.15) is 11.6 Å². The van der Waals surface area contributed by atoms with Crippen molar-refractivity contribution in [1.29, 1.82) is 0 Å². The standard InChI is InChI=1S/C12H14BrN5/c13-10-5-9(6-14)12(16-7-10)18-4-3-17-2-1-15-11(17)8-18/h1-2,5,7H,3-4,6,8,14H2. The van der Waals surface area contributed by atoms with Gasteiger partial charge < -0.3 is 15.2 Å². The predicted octanol–water partition coefficient (Wildman–Crippen LogP) is 1.52. The molecule has 5 nitrogen and oxygen atoms in total. The van der Waals surface area contributed by atoms with E-state index >= 15 is 0 Å². The van der Waals surface area contributed by atoms with E-state index in [1.807, 2.05) is 24.7 Å². The first-order valence-corrected chi connectivity index (χ1v) is 6.66. The van der Waals surface area contributed by atoms with Crippen LogP contribution in [-0.4, -0.2) is 21.1 Å². The Morgan fingerprint density at radius 3 is 3.06 bits per heavy atom. The lowest BCUT2D eigenvalue weighted by Gasteiger charge is -2.30. The molecule has 0 atom stereocenters. The molecule has 0 saturated heterocycles. The first-order chi connectivity index (χ1) is 8.78. The fourth-order valence-electron chi connectivity index (χ4n) is 2.26. The molecule has 94 valence electrons. The van der Waals surface area contributed by atoms with Crippen molar-refractivity contribution in [2.24, 2.45) is 5.73 Å². The van der Waals surface area contributed by atoms with Crippen molar-refractivity contribution >= 4 is 21.7 Å². The molecule has 6 heteroatoms. The zero-order chi connectivity index (χ0) is 12.5. The lowest BCUT2D eigenvalue weighted by Crippen LogP contribution is -2.35. The van der Waals surface area contributed by atoms with Crippen LogP contribution in [0.15, 0.2) is 29.1 Å². The monoisotopic (exact) mass is 307 g/mol. The van der Waals surface area contributed by atoms with Crippen LogP contribution < -0.4 is 10.6 Å². The number of aromatic nitrogens is 3. The van der Waals surface area contributed by atoms with Crippen LogP contribution in [0.1, 0.15) is 11.4 Å². The molecule has 0 amide bonds. The zero-order valence-corrected chi connectivity index (χ0v) is 11.5. The smallest absolute Gasteiger partial charge is 0.133 e. The van der Waals surface area contributed by atoms with Gasteiger partial charge in [-0.2, -0.15) is 0 Å². The SMILES string of the molecule is NCc1cc(Br)cnc1N1CCn2ccnc2C1. The molecule has 18 heavy (non-hydrogen) atoms. The van der Waals surface area contributed by atoms with E-state index in [1.54, 1.807) is 0 Å². The number of nitrogens with zero attached hydrogens (tertiary/aromatic N) is 4. The predicted molar refractivity (Wildman–Crippen MR) is 73.1 cm³/mol. The highest BCUT2D eigenvalue weighted by Gasteiger charge is 2.19. The third-order valence-corrected chi connectivity index (χ3v) is 3.61. The minimum atomic E-state index is 0.493. The van der Waals surface area contributed by atoms with E-state index in [-0.39, 0.29) is 0 Å². The highest BCUT2D eigenvalue weighted by Crippen LogP contribution is 2.24. The molecule has 2 aromatic rings. The second-order valence-electron chi connectivity index (χ2n) is 4.30. The molecular formula is C12H14BrN5. The molecule has 1 aliphatic rings. The minimum Gasteiger partial charge on any atom is -0.347 e. The maximum absolute atomic E-state index is 5.79. The molecule has 0 aromatic carbocycles. The molecule has 0 saturated carbocycles. The summed E-state index contributed by atoms with van der Waals surface area (Å²) in [5.74, 6) is 2.05. The summed E-state index contributed by atoms with van der Waals surface area (Å²) >= 11 is 3.43. The van der Waals surface area contributed by atoms with Gasteiger partial charge in [-0.05, 0) is 22.0 Å². The third kappa shape index (κ3) is 2.02. The normalized spacial score (nSPS) is 14.7. The number of hydrogen-bond acceptors (Lipinski definition) is 4. The molecule has 2 aromatic heterocycles. The summed E-state index contributed by atoms with van der Waals surface area (Å²) in [4.78, 5) is 11.1. The van der Waals surface area contributed by atoms with Crippen LogP contribution in [0.2, 0.25) is 0 Å². The van der Waals surface area contributed by atoms with Crippen LogP contribution in [0.25, 0.3) is 0 Å². The van der Waals surface area contributed by atoms with E-state index in [0.717, 1.165) is 41.3 Å². The molecule has 0 spiro atoms. The summed E-state index contributed by atoms with van der Waals surface area (Å²) < 4.78 is 3.14. The van der Waals surface area contributed by atoms with Crippen molar-refractivity contribution in [1.82, 2.24) is 14.5 Å². The Morgan fingerprint density at radius 1 is 1.33 bits per heavy atom. The van der Waals surface area contributed by atoms with Gasteiger partial charge in [-0.25, -0.2) is 9.97 Å². The van der Waals surface area contributed by atoms with Crippen LogP contribution in [0.5, 0.6) is 0 Å². The Hall–Kier alpha value is -1.40. The highest BCUT2D eigenvalue weighted by atomic mass is 79.9. The molecule has 0 radical (unpaired) electrons. The van der Waals surface area contributed by atoms with Crippen LogP contribution in [0.4, 0.5) is 5.82 Å². The average molecular weight is 308 g/mol. The van der Waals surface area contributed by atoms with Gasteiger partial charge in [-0.15, -0.1) is 0 Å². The van der Waals surface area contributed by atoms with Gasteiger partial charge in [-0.3, -0.25) is 0 Å². The minimum absolute atomic E-state index is 0.493. The Kier molecular flexibility index (Phi) is 3.05. The summed E-state index contributed by atoms with van der Waals surface area (Å²) in [5, 5.41) is 0. The van der Waals surface area contributed by atoms with Crippen LogP contribution >= 0.6 is 15.9 Å². The van der Waals surface area contributed by atoms with Crippen LogP contribution in [0, 0.1) is 0 Å². The molecule has 0 fully saturated rings.